The average molecular weight is 522 g/mol. The van der Waals surface area contributed by atoms with Crippen LogP contribution in [0.5, 0.6) is 0 Å². The number of nitrogens with one attached hydrogen (secondary N) is 1. The molecule has 2 amide bonds. The average Bonchev–Trinajstić information content (AvgIpc) is 2.95. The van der Waals surface area contributed by atoms with Crippen LogP contribution in [0.25, 0.3) is 4.85 Å². The van der Waals surface area contributed by atoms with Gasteiger partial charge in [-0.2, -0.15) is 13.2 Å². The van der Waals surface area contributed by atoms with Gasteiger partial charge in [0, 0.05) is 17.9 Å². The minimum atomic E-state index is -4.85. The highest BCUT2D eigenvalue weighted by molar-refractivity contribution is 7.81. The van der Waals surface area contributed by atoms with Gasteiger partial charge < -0.3 is 15.3 Å². The molecule has 13 heteroatoms. The molecule has 0 radical (unpaired) electrons. The minimum absolute atomic E-state index is 0.0641. The summed E-state index contributed by atoms with van der Waals surface area (Å²) in [4.78, 5) is 41.0. The summed E-state index contributed by atoms with van der Waals surface area (Å²) in [6, 6.07) is 6.14. The Bertz CT molecular complexity index is 1320. The zero-order valence-electron chi connectivity index (χ0n) is 18.8. The molecule has 0 unspecified atom stereocenters. The van der Waals surface area contributed by atoms with E-state index < -0.39 is 46.6 Å². The predicted molar refractivity (Wildman–Crippen MR) is 125 cm³/mol. The summed E-state index contributed by atoms with van der Waals surface area (Å²) in [5.41, 5.74) is -3.83. The van der Waals surface area contributed by atoms with Crippen molar-refractivity contribution in [1.29, 1.82) is 0 Å². The monoisotopic (exact) mass is 522 g/mol. The van der Waals surface area contributed by atoms with E-state index in [0.717, 1.165) is 29.2 Å². The standard InChI is InChI=1S/C23H18F4N4O4S/c1-22(2)20(35)30(12-5-7-17(28-3)15(10-12)23(25,26)27)21(36)31(22)13-4-6-14(16(24)11-13)19(34)29-9-8-18(32)33/h4-7,10-11H,8-9H2,1-2H3,(H,29,34)(H,32,33). The molecule has 1 fully saturated rings. The van der Waals surface area contributed by atoms with Crippen LogP contribution in [0.4, 0.5) is 34.6 Å². The summed E-state index contributed by atoms with van der Waals surface area (Å²) in [6.45, 7) is 9.66. The third-order valence-corrected chi connectivity index (χ3v) is 5.78. The number of halogens is 4. The Morgan fingerprint density at radius 1 is 1.17 bits per heavy atom. The number of carboxylic acid groups (broad SMARTS) is 1. The van der Waals surface area contributed by atoms with Crippen LogP contribution in [0.1, 0.15) is 36.2 Å². The molecular weight excluding hydrogens is 504 g/mol. The number of anilines is 2. The molecule has 8 nitrogen and oxygen atoms in total. The van der Waals surface area contributed by atoms with Crippen molar-refractivity contribution in [2.45, 2.75) is 32.0 Å². The van der Waals surface area contributed by atoms with Crippen molar-refractivity contribution in [1.82, 2.24) is 5.32 Å². The molecule has 188 valence electrons. The van der Waals surface area contributed by atoms with Crippen LogP contribution in [0.3, 0.4) is 0 Å². The van der Waals surface area contributed by atoms with Gasteiger partial charge in [0.15, 0.2) is 10.8 Å². The number of hydrogen-bond acceptors (Lipinski definition) is 4. The van der Waals surface area contributed by atoms with Gasteiger partial charge in [-0.25, -0.2) is 9.24 Å². The molecule has 3 rings (SSSR count). The first kappa shape index (κ1) is 26.6. The van der Waals surface area contributed by atoms with Gasteiger partial charge in [0.05, 0.1) is 24.1 Å². The van der Waals surface area contributed by atoms with Crippen molar-refractivity contribution < 1.29 is 37.1 Å². The van der Waals surface area contributed by atoms with Crippen LogP contribution in [-0.4, -0.2) is 40.1 Å². The van der Waals surface area contributed by atoms with E-state index in [1.54, 1.807) is 0 Å². The Morgan fingerprint density at radius 3 is 2.36 bits per heavy atom. The van der Waals surface area contributed by atoms with Gasteiger partial charge in [0.1, 0.15) is 11.4 Å². The first-order valence-electron chi connectivity index (χ1n) is 10.3. The second kappa shape index (κ2) is 9.54. The molecule has 2 aromatic carbocycles. The van der Waals surface area contributed by atoms with Gasteiger partial charge in [0.25, 0.3) is 11.8 Å². The third kappa shape index (κ3) is 4.85. The zero-order valence-corrected chi connectivity index (χ0v) is 19.6. The van der Waals surface area contributed by atoms with Crippen molar-refractivity contribution in [2.24, 2.45) is 0 Å². The van der Waals surface area contributed by atoms with Gasteiger partial charge in [-0.15, -0.1) is 0 Å². The molecule has 1 aliphatic rings. The lowest BCUT2D eigenvalue weighted by molar-refractivity contribution is -0.137. The lowest BCUT2D eigenvalue weighted by Crippen LogP contribution is -2.44. The van der Waals surface area contributed by atoms with Crippen molar-refractivity contribution in [3.8, 4) is 0 Å². The van der Waals surface area contributed by atoms with E-state index in [1.165, 1.54) is 24.8 Å². The Morgan fingerprint density at radius 2 is 1.81 bits per heavy atom. The molecule has 0 aromatic heterocycles. The Hall–Kier alpha value is -4.05. The highest BCUT2D eigenvalue weighted by atomic mass is 32.1. The van der Waals surface area contributed by atoms with Gasteiger partial charge in [-0.05, 0) is 56.4 Å². The topological polar surface area (TPSA) is 94.3 Å². The third-order valence-electron chi connectivity index (χ3n) is 5.41. The molecule has 2 aromatic rings. The smallest absolute Gasteiger partial charge is 0.407 e. The predicted octanol–water partition coefficient (Wildman–Crippen LogP) is 4.52. The molecule has 2 N–H and O–H groups in total. The van der Waals surface area contributed by atoms with Gasteiger partial charge in [0.2, 0.25) is 0 Å². The first-order chi connectivity index (χ1) is 16.7. The number of nitrogens with zero attached hydrogens (tertiary/aromatic N) is 3. The fourth-order valence-corrected chi connectivity index (χ4v) is 4.17. The van der Waals surface area contributed by atoms with E-state index >= 15 is 0 Å². The van der Waals surface area contributed by atoms with E-state index in [1.807, 2.05) is 0 Å². The molecule has 1 heterocycles. The van der Waals surface area contributed by atoms with Crippen LogP contribution in [0.15, 0.2) is 36.4 Å². The molecule has 0 bridgehead atoms. The van der Waals surface area contributed by atoms with Crippen LogP contribution in [0.2, 0.25) is 0 Å². The lowest BCUT2D eigenvalue weighted by atomic mass is 10.0. The molecular formula is C23H18F4N4O4S. The van der Waals surface area contributed by atoms with E-state index in [4.69, 9.17) is 23.9 Å². The van der Waals surface area contributed by atoms with E-state index in [9.17, 15) is 31.9 Å². The maximum Gasteiger partial charge on any atom is 0.407 e. The largest absolute Gasteiger partial charge is 0.481 e. The quantitative estimate of drug-likeness (QED) is 0.329. The molecule has 1 saturated heterocycles. The number of thiocarbonyl (C=S) groups is 1. The number of benzene rings is 2. The first-order valence-corrected chi connectivity index (χ1v) is 10.7. The number of carboxylic acids is 1. The molecule has 36 heavy (non-hydrogen) atoms. The van der Waals surface area contributed by atoms with Gasteiger partial charge in [-0.1, -0.05) is 6.07 Å². The van der Waals surface area contributed by atoms with Gasteiger partial charge >= 0.3 is 12.1 Å². The van der Waals surface area contributed by atoms with Crippen molar-refractivity contribution in [3.63, 3.8) is 0 Å². The summed E-state index contributed by atoms with van der Waals surface area (Å²) in [5, 5.41) is 10.7. The summed E-state index contributed by atoms with van der Waals surface area (Å²) in [6.07, 6.45) is -5.20. The number of aliphatic carboxylic acids is 1. The zero-order chi connectivity index (χ0) is 27.0. The van der Waals surface area contributed by atoms with Gasteiger partial charge in [-0.3, -0.25) is 19.3 Å². The summed E-state index contributed by atoms with van der Waals surface area (Å²) in [7, 11) is 0. The SMILES string of the molecule is [C-]#[N+]c1ccc(N2C(=O)C(C)(C)N(c3ccc(C(=O)NCCC(=O)O)c(F)c3)C2=S)cc1C(F)(F)F. The second-order valence-corrected chi connectivity index (χ2v) is 8.56. The van der Waals surface area contributed by atoms with E-state index in [2.05, 4.69) is 10.2 Å². The summed E-state index contributed by atoms with van der Waals surface area (Å²) >= 11 is 5.39. The van der Waals surface area contributed by atoms with Crippen molar-refractivity contribution in [2.75, 3.05) is 16.3 Å². The number of alkyl halides is 3. The van der Waals surface area contributed by atoms with E-state index in [0.29, 0.717) is 6.07 Å². The van der Waals surface area contributed by atoms with Crippen molar-refractivity contribution >= 4 is 52.2 Å². The highest BCUT2D eigenvalue weighted by Crippen LogP contribution is 2.42. The second-order valence-electron chi connectivity index (χ2n) is 8.19. The molecule has 0 atom stereocenters. The molecule has 0 saturated carbocycles. The van der Waals surface area contributed by atoms with Crippen LogP contribution < -0.4 is 15.1 Å². The van der Waals surface area contributed by atoms with Crippen LogP contribution >= 0.6 is 12.2 Å². The highest BCUT2D eigenvalue weighted by Gasteiger charge is 2.50. The molecule has 0 spiro atoms. The van der Waals surface area contributed by atoms with Crippen LogP contribution in [0, 0.1) is 12.4 Å². The summed E-state index contributed by atoms with van der Waals surface area (Å²) in [5.74, 6) is -3.66. The lowest BCUT2D eigenvalue weighted by Gasteiger charge is -2.29. The molecule has 1 aliphatic heterocycles. The Kier molecular flexibility index (Phi) is 7.04. The van der Waals surface area contributed by atoms with Crippen LogP contribution in [-0.2, 0) is 15.8 Å². The maximum absolute atomic E-state index is 14.8. The fraction of sp³-hybridized carbons (Fsp3) is 0.261. The van der Waals surface area contributed by atoms with E-state index in [-0.39, 0.29) is 35.0 Å². The van der Waals surface area contributed by atoms with Crippen molar-refractivity contribution in [3.05, 3.63) is 64.8 Å². The number of hydrogen-bond donors (Lipinski definition) is 2. The minimum Gasteiger partial charge on any atom is -0.481 e. The number of rotatable bonds is 6. The summed E-state index contributed by atoms with van der Waals surface area (Å²) < 4.78 is 55.2. The normalized spacial score (nSPS) is 15.1. The number of amides is 2. The number of carbonyl (C=O) groups excluding carboxylic acids is 2. The fourth-order valence-electron chi connectivity index (χ4n) is 3.65. The Labute approximate surface area is 207 Å². The number of carbonyl (C=O) groups is 3. The molecule has 0 aliphatic carbocycles. The Balaban J connectivity index is 1.97. The maximum atomic E-state index is 14.8.